The lowest BCUT2D eigenvalue weighted by Crippen LogP contribution is -2.28. The van der Waals surface area contributed by atoms with Gasteiger partial charge in [0.05, 0.1) is 0 Å². The van der Waals surface area contributed by atoms with Gasteiger partial charge in [-0.1, -0.05) is 12.1 Å². The summed E-state index contributed by atoms with van der Waals surface area (Å²) in [5, 5.41) is 57.5. The average molecular weight is 306 g/mol. The van der Waals surface area contributed by atoms with Crippen molar-refractivity contribution in [2.45, 2.75) is 12.2 Å². The van der Waals surface area contributed by atoms with E-state index in [-0.39, 0.29) is 11.3 Å². The topological polar surface area (TPSA) is 138 Å². The Hall–Kier alpha value is -2.77. The molecule has 0 aliphatic rings. The maximum absolute atomic E-state index is 12.1. The molecule has 0 heterocycles. The summed E-state index contributed by atoms with van der Waals surface area (Å²) in [6.07, 6.45) is -3.58. The molecule has 6 N–H and O–H groups in total. The van der Waals surface area contributed by atoms with Gasteiger partial charge in [-0.05, 0) is 17.7 Å². The van der Waals surface area contributed by atoms with Crippen LogP contribution in [0.2, 0.25) is 0 Å². The van der Waals surface area contributed by atoms with E-state index in [2.05, 4.69) is 0 Å². The van der Waals surface area contributed by atoms with Crippen molar-refractivity contribution in [3.63, 3.8) is 0 Å². The molecule has 0 unspecified atom stereocenters. The zero-order valence-corrected chi connectivity index (χ0v) is 11.2. The molecule has 2 rings (SSSR count). The highest BCUT2D eigenvalue weighted by Gasteiger charge is 2.30. The Kier molecular flexibility index (Phi) is 4.20. The molecule has 0 saturated carbocycles. The second kappa shape index (κ2) is 5.92. The fourth-order valence-corrected chi connectivity index (χ4v) is 1.99. The number of hydrogen-bond donors (Lipinski definition) is 6. The third-order valence-electron chi connectivity index (χ3n) is 3.13. The first-order valence-corrected chi connectivity index (χ1v) is 6.25. The number of carbonyl (C=O) groups excluding carboxylic acids is 1. The van der Waals surface area contributed by atoms with Crippen molar-refractivity contribution in [3.8, 4) is 23.0 Å². The first kappa shape index (κ1) is 15.6. The Balaban J connectivity index is 2.31. The van der Waals surface area contributed by atoms with E-state index >= 15 is 0 Å². The van der Waals surface area contributed by atoms with Gasteiger partial charge >= 0.3 is 0 Å². The minimum Gasteiger partial charge on any atom is -0.508 e. The fourth-order valence-electron chi connectivity index (χ4n) is 1.99. The zero-order chi connectivity index (χ0) is 16.4. The first-order chi connectivity index (χ1) is 10.3. The molecule has 0 amide bonds. The van der Waals surface area contributed by atoms with Crippen molar-refractivity contribution >= 4 is 5.78 Å². The van der Waals surface area contributed by atoms with E-state index in [4.69, 9.17) is 5.11 Å². The highest BCUT2D eigenvalue weighted by Crippen LogP contribution is 2.34. The van der Waals surface area contributed by atoms with Crippen LogP contribution in [0.3, 0.4) is 0 Å². The summed E-state index contributed by atoms with van der Waals surface area (Å²) >= 11 is 0. The van der Waals surface area contributed by atoms with E-state index in [9.17, 15) is 30.3 Å². The van der Waals surface area contributed by atoms with Crippen LogP contribution in [0.25, 0.3) is 0 Å². The summed E-state index contributed by atoms with van der Waals surface area (Å²) in [7, 11) is 0. The number of ketones is 1. The smallest absolute Gasteiger partial charge is 0.201 e. The van der Waals surface area contributed by atoms with Gasteiger partial charge in [0.2, 0.25) is 5.78 Å². The first-order valence-electron chi connectivity index (χ1n) is 6.25. The normalized spacial score (nSPS) is 13.5. The molecule has 2 aromatic carbocycles. The lowest BCUT2D eigenvalue weighted by molar-refractivity contribution is 0.0200. The van der Waals surface area contributed by atoms with Gasteiger partial charge in [0.1, 0.15) is 40.8 Å². The third kappa shape index (κ3) is 2.95. The Bertz CT molecular complexity index is 671. The molecule has 2 atom stereocenters. The monoisotopic (exact) mass is 306 g/mol. The lowest BCUT2D eigenvalue weighted by Gasteiger charge is -2.18. The van der Waals surface area contributed by atoms with Crippen LogP contribution in [0.15, 0.2) is 36.4 Å². The second-order valence-corrected chi connectivity index (χ2v) is 4.70. The summed E-state index contributed by atoms with van der Waals surface area (Å²) in [5.41, 5.74) is -0.445. The maximum atomic E-state index is 12.1. The van der Waals surface area contributed by atoms with Crippen LogP contribution in [-0.4, -0.2) is 42.5 Å². The van der Waals surface area contributed by atoms with Crippen molar-refractivity contribution in [1.82, 2.24) is 0 Å². The van der Waals surface area contributed by atoms with Crippen LogP contribution in [0, 0.1) is 0 Å². The van der Waals surface area contributed by atoms with Gasteiger partial charge in [-0.25, -0.2) is 0 Å². The predicted octanol–water partition coefficient (Wildman–Crippen LogP) is 0.786. The summed E-state index contributed by atoms with van der Waals surface area (Å²) in [6.45, 7) is 0. The number of Topliss-reactive ketones (excluding diaryl/α,β-unsaturated/α-hetero) is 1. The molecule has 0 aliphatic heterocycles. The largest absolute Gasteiger partial charge is 0.508 e. The van der Waals surface area contributed by atoms with Gasteiger partial charge in [0.25, 0.3) is 0 Å². The summed E-state index contributed by atoms with van der Waals surface area (Å²) in [4.78, 5) is 12.1. The van der Waals surface area contributed by atoms with Crippen LogP contribution in [0.5, 0.6) is 23.0 Å². The molecule has 0 fully saturated rings. The van der Waals surface area contributed by atoms with Crippen LogP contribution in [-0.2, 0) is 0 Å². The Morgan fingerprint density at radius 1 is 0.818 bits per heavy atom. The highest BCUT2D eigenvalue weighted by molar-refractivity contribution is 6.04. The van der Waals surface area contributed by atoms with Gasteiger partial charge in [0.15, 0.2) is 0 Å². The number of phenols is 4. The number of aromatic hydroxyl groups is 4. The molecule has 0 radical (unpaired) electrons. The van der Waals surface area contributed by atoms with Gasteiger partial charge in [-0.15, -0.1) is 0 Å². The lowest BCUT2D eigenvalue weighted by atomic mass is 9.96. The van der Waals surface area contributed by atoms with Crippen LogP contribution >= 0.6 is 0 Å². The molecule has 22 heavy (non-hydrogen) atoms. The minimum atomic E-state index is -1.95. The zero-order valence-electron chi connectivity index (χ0n) is 11.2. The number of aliphatic hydroxyl groups excluding tert-OH is 2. The molecule has 0 aromatic heterocycles. The molecule has 2 aromatic rings. The van der Waals surface area contributed by atoms with Crippen molar-refractivity contribution in [1.29, 1.82) is 0 Å². The highest BCUT2D eigenvalue weighted by atomic mass is 16.3. The van der Waals surface area contributed by atoms with Crippen LogP contribution in [0.4, 0.5) is 0 Å². The van der Waals surface area contributed by atoms with E-state index < -0.39 is 40.8 Å². The van der Waals surface area contributed by atoms with Crippen LogP contribution < -0.4 is 0 Å². The molecule has 7 heteroatoms. The summed E-state index contributed by atoms with van der Waals surface area (Å²) in [5.74, 6) is -3.07. The van der Waals surface area contributed by atoms with Gasteiger partial charge < -0.3 is 30.6 Å². The quantitative estimate of drug-likeness (QED) is 0.459. The van der Waals surface area contributed by atoms with Gasteiger partial charge in [-0.2, -0.15) is 0 Å². The Morgan fingerprint density at radius 3 is 1.82 bits per heavy atom. The number of aliphatic hydroxyl groups is 2. The molecule has 116 valence electrons. The minimum absolute atomic E-state index is 0.0504. The number of hydrogen-bond acceptors (Lipinski definition) is 7. The molecular formula is C15H14O7. The van der Waals surface area contributed by atoms with E-state index in [0.717, 1.165) is 12.1 Å². The second-order valence-electron chi connectivity index (χ2n) is 4.70. The molecule has 0 spiro atoms. The van der Waals surface area contributed by atoms with Crippen molar-refractivity contribution in [2.75, 3.05) is 0 Å². The fraction of sp³-hybridized carbons (Fsp3) is 0.133. The summed E-state index contributed by atoms with van der Waals surface area (Å²) < 4.78 is 0. The maximum Gasteiger partial charge on any atom is 0.201 e. The third-order valence-corrected chi connectivity index (χ3v) is 3.13. The van der Waals surface area contributed by atoms with Crippen molar-refractivity contribution in [2.24, 2.45) is 0 Å². The Labute approximate surface area is 125 Å². The van der Waals surface area contributed by atoms with Crippen molar-refractivity contribution in [3.05, 3.63) is 47.5 Å². The molecule has 0 aliphatic carbocycles. The SMILES string of the molecule is O=C(c1c(O)cc(O)cc1O)[C@@H](O)[C@H](O)c1ccc(O)cc1. The molecule has 0 saturated heterocycles. The van der Waals surface area contributed by atoms with E-state index in [1.807, 2.05) is 0 Å². The average Bonchev–Trinajstić information content (AvgIpc) is 2.45. The number of phenolic OH excluding ortho intramolecular Hbond substituents is 4. The molecular weight excluding hydrogens is 292 g/mol. The number of carbonyl (C=O) groups is 1. The van der Waals surface area contributed by atoms with E-state index in [1.165, 1.54) is 24.3 Å². The van der Waals surface area contributed by atoms with Crippen molar-refractivity contribution < 1.29 is 35.4 Å². The van der Waals surface area contributed by atoms with E-state index in [0.29, 0.717) is 0 Å². The number of benzene rings is 2. The molecule has 0 bridgehead atoms. The number of rotatable bonds is 4. The Morgan fingerprint density at radius 2 is 1.32 bits per heavy atom. The molecule has 7 nitrogen and oxygen atoms in total. The van der Waals surface area contributed by atoms with E-state index in [1.54, 1.807) is 0 Å². The van der Waals surface area contributed by atoms with Gasteiger partial charge in [-0.3, -0.25) is 4.79 Å². The van der Waals surface area contributed by atoms with Gasteiger partial charge in [0, 0.05) is 12.1 Å². The standard InChI is InChI=1S/C15H14O7/c16-8-3-1-7(2-4-8)13(20)15(22)14(21)12-10(18)5-9(17)6-11(12)19/h1-6,13,15-20,22H/t13-,15+/m1/s1. The summed E-state index contributed by atoms with van der Waals surface area (Å²) in [6, 6.07) is 6.82. The predicted molar refractivity (Wildman–Crippen MR) is 74.8 cm³/mol. The van der Waals surface area contributed by atoms with Crippen LogP contribution in [0.1, 0.15) is 22.0 Å².